The van der Waals surface area contributed by atoms with Crippen LogP contribution in [0.3, 0.4) is 0 Å². The summed E-state index contributed by atoms with van der Waals surface area (Å²) in [6.45, 7) is 10.8. The molecule has 0 radical (unpaired) electrons. The van der Waals surface area contributed by atoms with Gasteiger partial charge in [-0.2, -0.15) is 0 Å². The van der Waals surface area contributed by atoms with Gasteiger partial charge in [-0.1, -0.05) is 26.8 Å². The number of carbonyl (C=O) groups is 2. The van der Waals surface area contributed by atoms with Crippen LogP contribution >= 0.6 is 0 Å². The second kappa shape index (κ2) is 11.9. The molecule has 2 heterocycles. The molecule has 2 aliphatic rings. The third-order valence-corrected chi connectivity index (χ3v) is 7.01. The number of carbonyl (C=O) groups excluding carboxylic acids is 2. The number of esters is 1. The average Bonchev–Trinajstić information content (AvgIpc) is 2.73. The Morgan fingerprint density at radius 3 is 2.33 bits per heavy atom. The van der Waals surface area contributed by atoms with E-state index in [0.29, 0.717) is 12.8 Å². The highest BCUT2D eigenvalue weighted by atomic mass is 16.7. The van der Waals surface area contributed by atoms with E-state index in [9.17, 15) is 19.8 Å². The average molecular weight is 470 g/mol. The van der Waals surface area contributed by atoms with Crippen molar-refractivity contribution in [3.05, 3.63) is 12.2 Å². The first-order valence-electron chi connectivity index (χ1n) is 12.1. The zero-order valence-electron chi connectivity index (χ0n) is 21.3. The summed E-state index contributed by atoms with van der Waals surface area (Å²) in [4.78, 5) is 27.8. The number of allylic oxidation sites excluding steroid dienone is 1. The van der Waals surface area contributed by atoms with Gasteiger partial charge >= 0.3 is 5.97 Å². The lowest BCUT2D eigenvalue weighted by Crippen LogP contribution is -2.56. The first-order chi connectivity index (χ1) is 15.3. The Morgan fingerprint density at radius 1 is 1.12 bits per heavy atom. The standard InChI is InChI=1S/C25H43NO7/c1-13-9-10-20(28)14(2)11-15(3)22(17(5)24(30)32-23(13)18(6)27)33-25-21(29)19(26(7)8)12-16(4)31-25/h9-10,13-19,21-23,25,27,29H,11-12H2,1-8H3/b10-9+/t13-,14-,15+,16-,17-,18-,19+,21-,22+,23?,25+/m1/s1. The number of aliphatic hydroxyl groups excluding tert-OH is 2. The molecule has 0 aromatic rings. The lowest BCUT2D eigenvalue weighted by Gasteiger charge is -2.43. The van der Waals surface area contributed by atoms with Gasteiger partial charge in [-0.05, 0) is 59.7 Å². The molecule has 11 atom stereocenters. The van der Waals surface area contributed by atoms with Crippen molar-refractivity contribution in [2.24, 2.45) is 23.7 Å². The summed E-state index contributed by atoms with van der Waals surface area (Å²) in [6.07, 6.45) is 0.131. The molecule has 1 unspecified atom stereocenters. The SMILES string of the molecule is C[C@@H]1C[C@H](N(C)C)[C@@H](O)[C@H](O[C@H]2[C@@H](C)C[C@@H](C)C(=O)/C=C/[C@@H](C)C([C@@H](C)O)OC(=O)[C@@H]2C)O1. The second-order valence-corrected chi connectivity index (χ2v) is 10.3. The van der Waals surface area contributed by atoms with Crippen LogP contribution in [0.4, 0.5) is 0 Å². The number of rotatable bonds is 4. The van der Waals surface area contributed by atoms with Gasteiger partial charge in [0.25, 0.3) is 0 Å². The van der Waals surface area contributed by atoms with Crippen molar-refractivity contribution in [3.8, 4) is 0 Å². The molecule has 1 fully saturated rings. The van der Waals surface area contributed by atoms with E-state index in [1.165, 1.54) is 6.08 Å². The Bertz CT molecular complexity index is 694. The van der Waals surface area contributed by atoms with Gasteiger partial charge < -0.3 is 29.3 Å². The van der Waals surface area contributed by atoms with Crippen LogP contribution in [0.5, 0.6) is 0 Å². The maximum Gasteiger partial charge on any atom is 0.311 e. The molecule has 8 nitrogen and oxygen atoms in total. The van der Waals surface area contributed by atoms with E-state index in [1.807, 2.05) is 39.8 Å². The topological polar surface area (TPSA) is 106 Å². The van der Waals surface area contributed by atoms with Gasteiger partial charge in [0.1, 0.15) is 12.2 Å². The highest BCUT2D eigenvalue weighted by Crippen LogP contribution is 2.32. The summed E-state index contributed by atoms with van der Waals surface area (Å²) in [5.41, 5.74) is 0. The van der Waals surface area contributed by atoms with Crippen molar-refractivity contribution in [2.75, 3.05) is 14.1 Å². The predicted molar refractivity (Wildman–Crippen MR) is 124 cm³/mol. The molecule has 33 heavy (non-hydrogen) atoms. The molecule has 0 bridgehead atoms. The molecular formula is C25H43NO7. The van der Waals surface area contributed by atoms with Gasteiger partial charge in [-0.25, -0.2) is 0 Å². The summed E-state index contributed by atoms with van der Waals surface area (Å²) in [5, 5.41) is 21.1. The van der Waals surface area contributed by atoms with Crippen molar-refractivity contribution >= 4 is 11.8 Å². The molecule has 8 heteroatoms. The fourth-order valence-corrected chi connectivity index (χ4v) is 4.90. The summed E-state index contributed by atoms with van der Waals surface area (Å²) >= 11 is 0. The fourth-order valence-electron chi connectivity index (χ4n) is 4.90. The third-order valence-electron chi connectivity index (χ3n) is 7.01. The van der Waals surface area contributed by atoms with Crippen LogP contribution in [0.1, 0.15) is 54.4 Å². The van der Waals surface area contributed by atoms with Crippen molar-refractivity contribution in [1.29, 1.82) is 0 Å². The molecule has 0 aliphatic carbocycles. The van der Waals surface area contributed by atoms with Gasteiger partial charge in [-0.15, -0.1) is 0 Å². The van der Waals surface area contributed by atoms with E-state index in [1.54, 1.807) is 26.8 Å². The summed E-state index contributed by atoms with van der Waals surface area (Å²) in [6, 6.07) is -0.145. The lowest BCUT2D eigenvalue weighted by molar-refractivity contribution is -0.279. The first-order valence-corrected chi connectivity index (χ1v) is 12.1. The molecule has 2 rings (SSSR count). The number of nitrogens with zero attached hydrogens (tertiary/aromatic N) is 1. The van der Waals surface area contributed by atoms with E-state index in [0.717, 1.165) is 0 Å². The van der Waals surface area contributed by atoms with Crippen LogP contribution in [-0.2, 0) is 23.8 Å². The minimum atomic E-state index is -0.908. The molecule has 190 valence electrons. The van der Waals surface area contributed by atoms with E-state index >= 15 is 0 Å². The van der Waals surface area contributed by atoms with E-state index in [4.69, 9.17) is 14.2 Å². The number of likely N-dealkylation sites (N-methyl/N-ethyl adjacent to an activating group) is 1. The summed E-state index contributed by atoms with van der Waals surface area (Å²) in [7, 11) is 3.81. The van der Waals surface area contributed by atoms with Crippen molar-refractivity contribution < 1.29 is 34.0 Å². The van der Waals surface area contributed by atoms with Gasteiger partial charge in [0.05, 0.1) is 24.2 Å². The minimum absolute atomic E-state index is 0.0217. The third kappa shape index (κ3) is 7.09. The number of hydrogen-bond donors (Lipinski definition) is 2. The maximum atomic E-state index is 13.1. The quantitative estimate of drug-likeness (QED) is 0.604. The lowest BCUT2D eigenvalue weighted by atomic mass is 9.84. The van der Waals surface area contributed by atoms with Gasteiger partial charge in [0, 0.05) is 17.9 Å². The zero-order valence-corrected chi connectivity index (χ0v) is 21.3. The number of hydrogen-bond acceptors (Lipinski definition) is 8. The fraction of sp³-hybridized carbons (Fsp3) is 0.840. The molecule has 0 spiro atoms. The summed E-state index contributed by atoms with van der Waals surface area (Å²) in [5.74, 6) is -1.99. The van der Waals surface area contributed by atoms with E-state index in [2.05, 4.69) is 0 Å². The van der Waals surface area contributed by atoms with Gasteiger partial charge in [0.2, 0.25) is 0 Å². The highest BCUT2D eigenvalue weighted by molar-refractivity contribution is 5.91. The van der Waals surface area contributed by atoms with E-state index < -0.39 is 42.6 Å². The first kappa shape index (κ1) is 27.9. The Labute approximate surface area is 198 Å². The Balaban J connectivity index is 2.35. The largest absolute Gasteiger partial charge is 0.459 e. The second-order valence-electron chi connectivity index (χ2n) is 10.3. The molecule has 0 saturated carbocycles. The van der Waals surface area contributed by atoms with Crippen LogP contribution in [0, 0.1) is 23.7 Å². The van der Waals surface area contributed by atoms with Gasteiger partial charge in [-0.3, -0.25) is 9.59 Å². The molecule has 0 aromatic carbocycles. The maximum absolute atomic E-state index is 13.1. The van der Waals surface area contributed by atoms with Crippen LogP contribution in [0.15, 0.2) is 12.2 Å². The molecule has 0 aromatic heterocycles. The Kier molecular flexibility index (Phi) is 10.1. The number of aliphatic hydroxyl groups is 2. The van der Waals surface area contributed by atoms with Crippen molar-refractivity contribution in [1.82, 2.24) is 4.90 Å². The molecule has 2 aliphatic heterocycles. The molecule has 2 N–H and O–H groups in total. The Morgan fingerprint density at radius 2 is 1.76 bits per heavy atom. The highest BCUT2D eigenvalue weighted by Gasteiger charge is 2.43. The zero-order chi connectivity index (χ0) is 25.0. The molecule has 1 saturated heterocycles. The number of ether oxygens (including phenoxy) is 3. The normalized spacial score (nSPS) is 43.4. The number of cyclic esters (lactones) is 1. The van der Waals surface area contributed by atoms with Crippen LogP contribution < -0.4 is 0 Å². The Hall–Kier alpha value is -1.32. The molecular weight excluding hydrogens is 426 g/mol. The smallest absolute Gasteiger partial charge is 0.311 e. The van der Waals surface area contributed by atoms with Crippen LogP contribution in [0.2, 0.25) is 0 Å². The minimum Gasteiger partial charge on any atom is -0.459 e. The monoisotopic (exact) mass is 469 g/mol. The van der Waals surface area contributed by atoms with Crippen molar-refractivity contribution in [3.63, 3.8) is 0 Å². The van der Waals surface area contributed by atoms with Crippen molar-refractivity contribution in [2.45, 2.75) is 97.2 Å². The van der Waals surface area contributed by atoms with Crippen LogP contribution in [0.25, 0.3) is 0 Å². The predicted octanol–water partition coefficient (Wildman–Crippen LogP) is 2.16. The van der Waals surface area contributed by atoms with Crippen LogP contribution in [-0.4, -0.2) is 83.8 Å². The summed E-state index contributed by atoms with van der Waals surface area (Å²) < 4.78 is 18.0. The van der Waals surface area contributed by atoms with E-state index in [-0.39, 0.29) is 35.7 Å². The van der Waals surface area contributed by atoms with Gasteiger partial charge in [0.15, 0.2) is 12.1 Å². The molecule has 0 amide bonds. The number of ketones is 1.